The van der Waals surface area contributed by atoms with Crippen LogP contribution in [-0.2, 0) is 0 Å². The smallest absolute Gasteiger partial charge is 0.254 e. The second kappa shape index (κ2) is 8.14. The van der Waals surface area contributed by atoms with Crippen molar-refractivity contribution in [2.24, 2.45) is 0 Å². The van der Waals surface area contributed by atoms with Gasteiger partial charge in [0.2, 0.25) is 0 Å². The van der Waals surface area contributed by atoms with Crippen LogP contribution in [0.25, 0.3) is 11.0 Å². The lowest BCUT2D eigenvalue weighted by Gasteiger charge is -2.34. The third-order valence-electron chi connectivity index (χ3n) is 4.80. The number of carbonyl (C=O) groups is 1. The fourth-order valence-corrected chi connectivity index (χ4v) is 3.26. The Hall–Kier alpha value is -2.99. The first-order valence-corrected chi connectivity index (χ1v) is 9.20. The number of ether oxygens (including phenoxy) is 1. The molecule has 2 heterocycles. The van der Waals surface area contributed by atoms with Crippen molar-refractivity contribution in [3.05, 3.63) is 66.5 Å². The minimum absolute atomic E-state index is 0.0581. The van der Waals surface area contributed by atoms with Crippen LogP contribution in [0.4, 0.5) is 0 Å². The molecule has 6 nitrogen and oxygen atoms in total. The molecule has 0 saturated carbocycles. The average molecular weight is 362 g/mol. The van der Waals surface area contributed by atoms with Crippen LogP contribution in [0, 0.1) is 0 Å². The van der Waals surface area contributed by atoms with Crippen molar-refractivity contribution < 1.29 is 9.53 Å². The van der Waals surface area contributed by atoms with E-state index in [-0.39, 0.29) is 5.91 Å². The monoisotopic (exact) mass is 362 g/mol. The predicted molar refractivity (Wildman–Crippen MR) is 104 cm³/mol. The van der Waals surface area contributed by atoms with Crippen molar-refractivity contribution in [3.8, 4) is 5.75 Å². The fourth-order valence-electron chi connectivity index (χ4n) is 3.26. The average Bonchev–Trinajstić information content (AvgIpc) is 2.74. The van der Waals surface area contributed by atoms with Crippen LogP contribution in [-0.4, -0.2) is 65.0 Å². The lowest BCUT2D eigenvalue weighted by Crippen LogP contribution is -2.49. The molecular formula is C21H22N4O2. The van der Waals surface area contributed by atoms with E-state index in [1.165, 1.54) is 0 Å². The van der Waals surface area contributed by atoms with Crippen molar-refractivity contribution in [3.63, 3.8) is 0 Å². The zero-order valence-electron chi connectivity index (χ0n) is 15.1. The molecule has 0 spiro atoms. The molecule has 3 aromatic rings. The van der Waals surface area contributed by atoms with E-state index in [4.69, 9.17) is 4.74 Å². The number of benzene rings is 2. The topological polar surface area (TPSA) is 58.6 Å². The number of para-hydroxylation sites is 1. The first kappa shape index (κ1) is 17.4. The molecule has 1 aliphatic heterocycles. The highest BCUT2D eigenvalue weighted by Gasteiger charge is 2.22. The number of hydrogen-bond donors (Lipinski definition) is 0. The van der Waals surface area contributed by atoms with Gasteiger partial charge in [0.05, 0.1) is 11.0 Å². The molecule has 138 valence electrons. The summed E-state index contributed by atoms with van der Waals surface area (Å²) in [6.07, 6.45) is 3.30. The molecule has 27 heavy (non-hydrogen) atoms. The van der Waals surface area contributed by atoms with Crippen molar-refractivity contribution in [1.29, 1.82) is 0 Å². The maximum atomic E-state index is 12.8. The predicted octanol–water partition coefficient (Wildman–Crippen LogP) is 2.47. The van der Waals surface area contributed by atoms with Gasteiger partial charge in [0.15, 0.2) is 0 Å². The van der Waals surface area contributed by atoms with Gasteiger partial charge in [0.1, 0.15) is 12.4 Å². The summed E-state index contributed by atoms with van der Waals surface area (Å²) in [5.74, 6) is 0.952. The van der Waals surface area contributed by atoms with E-state index >= 15 is 0 Å². The van der Waals surface area contributed by atoms with Gasteiger partial charge in [-0.1, -0.05) is 18.2 Å². The van der Waals surface area contributed by atoms with Crippen molar-refractivity contribution in [2.45, 2.75) is 0 Å². The molecule has 0 atom stereocenters. The summed E-state index contributed by atoms with van der Waals surface area (Å²) in [4.78, 5) is 25.6. The van der Waals surface area contributed by atoms with E-state index in [1.54, 1.807) is 12.4 Å². The Balaban J connectivity index is 1.28. The zero-order valence-corrected chi connectivity index (χ0v) is 15.1. The Morgan fingerprint density at radius 2 is 1.67 bits per heavy atom. The molecule has 1 amide bonds. The second-order valence-electron chi connectivity index (χ2n) is 6.56. The summed E-state index contributed by atoms with van der Waals surface area (Å²) < 4.78 is 5.76. The molecule has 1 aliphatic rings. The van der Waals surface area contributed by atoms with Gasteiger partial charge in [-0.25, -0.2) is 0 Å². The summed E-state index contributed by atoms with van der Waals surface area (Å²) in [5.41, 5.74) is 2.22. The molecule has 0 unspecified atom stereocenters. The number of piperazine rings is 1. The van der Waals surface area contributed by atoms with Crippen LogP contribution in [0.15, 0.2) is 60.9 Å². The van der Waals surface area contributed by atoms with Crippen LogP contribution < -0.4 is 4.74 Å². The standard InChI is InChI=1S/C21H22N4O2/c26-21(17-6-7-19-20(16-17)23-9-8-22-19)25-12-10-24(11-13-25)14-15-27-18-4-2-1-3-5-18/h1-9,16H,10-15H2. The van der Waals surface area contributed by atoms with Crippen LogP contribution in [0.2, 0.25) is 0 Å². The quantitative estimate of drug-likeness (QED) is 0.698. The Kier molecular flexibility index (Phi) is 5.25. The first-order chi connectivity index (χ1) is 13.3. The molecule has 1 saturated heterocycles. The summed E-state index contributed by atoms with van der Waals surface area (Å²) in [6.45, 7) is 4.68. The molecule has 0 bridgehead atoms. The molecule has 1 fully saturated rings. The molecule has 4 rings (SSSR count). The highest BCUT2D eigenvalue weighted by Crippen LogP contribution is 2.14. The number of aromatic nitrogens is 2. The first-order valence-electron chi connectivity index (χ1n) is 9.20. The summed E-state index contributed by atoms with van der Waals surface area (Å²) in [5, 5.41) is 0. The van der Waals surface area contributed by atoms with Gasteiger partial charge in [-0.3, -0.25) is 19.7 Å². The zero-order chi connectivity index (χ0) is 18.5. The number of nitrogens with zero attached hydrogens (tertiary/aromatic N) is 4. The lowest BCUT2D eigenvalue weighted by molar-refractivity contribution is 0.0620. The van der Waals surface area contributed by atoms with Crippen molar-refractivity contribution in [1.82, 2.24) is 19.8 Å². The number of rotatable bonds is 5. The molecule has 0 N–H and O–H groups in total. The SMILES string of the molecule is O=C(c1ccc2nccnc2c1)N1CCN(CCOc2ccccc2)CC1. The molecule has 1 aromatic heterocycles. The minimum Gasteiger partial charge on any atom is -0.492 e. The maximum Gasteiger partial charge on any atom is 0.254 e. The number of carbonyl (C=O) groups excluding carboxylic acids is 1. The van der Waals surface area contributed by atoms with Gasteiger partial charge in [0.25, 0.3) is 5.91 Å². The molecule has 2 aromatic carbocycles. The van der Waals surface area contributed by atoms with E-state index in [9.17, 15) is 4.79 Å². The van der Waals surface area contributed by atoms with E-state index in [0.717, 1.165) is 49.5 Å². The van der Waals surface area contributed by atoms with Crippen molar-refractivity contribution >= 4 is 16.9 Å². The minimum atomic E-state index is 0.0581. The molecule has 0 aliphatic carbocycles. The van der Waals surface area contributed by atoms with Gasteiger partial charge >= 0.3 is 0 Å². The van der Waals surface area contributed by atoms with E-state index in [1.807, 2.05) is 53.4 Å². The Labute approximate surface area is 158 Å². The van der Waals surface area contributed by atoms with E-state index in [0.29, 0.717) is 12.2 Å². The summed E-state index contributed by atoms with van der Waals surface area (Å²) in [6, 6.07) is 15.4. The van der Waals surface area contributed by atoms with Gasteiger partial charge < -0.3 is 9.64 Å². The van der Waals surface area contributed by atoms with Gasteiger partial charge in [0, 0.05) is 50.7 Å². The number of amides is 1. The normalized spacial score (nSPS) is 15.0. The molecule has 0 radical (unpaired) electrons. The van der Waals surface area contributed by atoms with Crippen LogP contribution in [0.5, 0.6) is 5.75 Å². The third kappa shape index (κ3) is 4.23. The number of fused-ring (bicyclic) bond motifs is 1. The third-order valence-corrected chi connectivity index (χ3v) is 4.80. The Morgan fingerprint density at radius 3 is 2.44 bits per heavy atom. The Bertz CT molecular complexity index is 908. The maximum absolute atomic E-state index is 12.8. The molecule has 6 heteroatoms. The van der Waals surface area contributed by atoms with Gasteiger partial charge in [-0.15, -0.1) is 0 Å². The number of hydrogen-bond acceptors (Lipinski definition) is 5. The highest BCUT2D eigenvalue weighted by molar-refractivity contribution is 5.97. The second-order valence-corrected chi connectivity index (χ2v) is 6.56. The van der Waals surface area contributed by atoms with Crippen LogP contribution in [0.1, 0.15) is 10.4 Å². The van der Waals surface area contributed by atoms with Crippen LogP contribution >= 0.6 is 0 Å². The van der Waals surface area contributed by atoms with Gasteiger partial charge in [-0.05, 0) is 30.3 Å². The van der Waals surface area contributed by atoms with Gasteiger partial charge in [-0.2, -0.15) is 0 Å². The van der Waals surface area contributed by atoms with Crippen molar-refractivity contribution in [2.75, 3.05) is 39.3 Å². The van der Waals surface area contributed by atoms with Crippen LogP contribution in [0.3, 0.4) is 0 Å². The lowest BCUT2D eigenvalue weighted by atomic mass is 10.1. The largest absolute Gasteiger partial charge is 0.492 e. The Morgan fingerprint density at radius 1 is 0.926 bits per heavy atom. The summed E-state index contributed by atoms with van der Waals surface area (Å²) in [7, 11) is 0. The molecular weight excluding hydrogens is 340 g/mol. The fraction of sp³-hybridized carbons (Fsp3) is 0.286. The van der Waals surface area contributed by atoms with E-state index < -0.39 is 0 Å². The summed E-state index contributed by atoms with van der Waals surface area (Å²) >= 11 is 0. The highest BCUT2D eigenvalue weighted by atomic mass is 16.5. The van der Waals surface area contributed by atoms with E-state index in [2.05, 4.69) is 14.9 Å².